The van der Waals surface area contributed by atoms with Crippen LogP contribution in [0.2, 0.25) is 0 Å². The summed E-state index contributed by atoms with van der Waals surface area (Å²) in [5.74, 6) is -3.24. The minimum atomic E-state index is -2.18. The molecule has 3 N–H and O–H groups in total. The van der Waals surface area contributed by atoms with Crippen LogP contribution in [0.1, 0.15) is 41.5 Å². The lowest BCUT2D eigenvalue weighted by molar-refractivity contribution is -0.116. The molecule has 2 rings (SSSR count). The Hall–Kier alpha value is -1.55. The van der Waals surface area contributed by atoms with E-state index in [9.17, 15) is 15.0 Å². The van der Waals surface area contributed by atoms with Gasteiger partial charge in [0.2, 0.25) is 0 Å². The predicted molar refractivity (Wildman–Crippen MR) is 93.1 cm³/mol. The van der Waals surface area contributed by atoms with Gasteiger partial charge in [0, 0.05) is 5.57 Å². The summed E-state index contributed by atoms with van der Waals surface area (Å²) in [4.78, 5) is 11.8. The minimum absolute atomic E-state index is 0.0219. The van der Waals surface area contributed by atoms with E-state index in [-0.39, 0.29) is 10.8 Å². The van der Waals surface area contributed by atoms with Gasteiger partial charge in [-0.15, -0.1) is 0 Å². The molecule has 2 aliphatic rings. The lowest BCUT2D eigenvalue weighted by atomic mass is 9.92. The van der Waals surface area contributed by atoms with Crippen LogP contribution in [0.25, 0.3) is 0 Å². The molecule has 0 fully saturated rings. The Morgan fingerprint density at radius 2 is 1.61 bits per heavy atom. The van der Waals surface area contributed by atoms with E-state index >= 15 is 0 Å². The smallest absolute Gasteiger partial charge is 0.466 e. The third-order valence-corrected chi connectivity index (χ3v) is 5.44. The van der Waals surface area contributed by atoms with E-state index < -0.39 is 17.3 Å². The highest BCUT2D eigenvalue weighted by atomic mass is 32.2. The zero-order valence-electron chi connectivity index (χ0n) is 14.4. The summed E-state index contributed by atoms with van der Waals surface area (Å²) in [6, 6.07) is 0. The molecule has 1 aliphatic carbocycles. The molecule has 1 aliphatic heterocycles. The number of allylic oxidation sites excluding steroid dienone is 5. The van der Waals surface area contributed by atoms with Crippen molar-refractivity contribution in [3.05, 3.63) is 45.6 Å². The molecule has 0 spiro atoms. The number of rotatable bonds is 2. The molecule has 4 nitrogen and oxygen atoms in total. The number of carbonyl (C=O) groups excluding carboxylic acids is 1. The number of hydrogen-bond donors (Lipinski definition) is 2. The summed E-state index contributed by atoms with van der Waals surface area (Å²) < 4.78 is 5.21. The van der Waals surface area contributed by atoms with Gasteiger partial charge < -0.3 is 14.9 Å². The second-order valence-electron chi connectivity index (χ2n) is 7.82. The minimum Gasteiger partial charge on any atom is -0.466 e. The molecule has 23 heavy (non-hydrogen) atoms. The van der Waals surface area contributed by atoms with E-state index in [0.29, 0.717) is 0 Å². The maximum atomic E-state index is 9.98. The first-order chi connectivity index (χ1) is 10.3. The first-order valence-electron chi connectivity index (χ1n) is 7.46. The molecule has 1 unspecified atom stereocenters. The Kier molecular flexibility index (Phi) is 4.27. The molecule has 0 bridgehead atoms. The van der Waals surface area contributed by atoms with Crippen LogP contribution in [0.5, 0.6) is 0 Å². The van der Waals surface area contributed by atoms with Crippen LogP contribution in [0.4, 0.5) is 0 Å². The van der Waals surface area contributed by atoms with E-state index in [0.717, 1.165) is 5.57 Å². The van der Waals surface area contributed by atoms with Crippen molar-refractivity contribution in [3.8, 4) is 0 Å². The molecule has 124 valence electrons. The van der Waals surface area contributed by atoms with Crippen molar-refractivity contribution in [2.24, 2.45) is 10.8 Å². The first kappa shape index (κ1) is 17.8. The van der Waals surface area contributed by atoms with Crippen molar-refractivity contribution in [1.82, 2.24) is 0 Å². The van der Waals surface area contributed by atoms with Crippen LogP contribution < -0.4 is 0 Å². The van der Waals surface area contributed by atoms with Gasteiger partial charge in [-0.1, -0.05) is 53.3 Å². The number of aliphatic hydroxyl groups is 2. The highest BCUT2D eigenvalue weighted by Gasteiger charge is 2.73. The fourth-order valence-electron chi connectivity index (χ4n) is 1.93. The fourth-order valence-corrected chi connectivity index (χ4v) is 3.16. The third-order valence-electron chi connectivity index (χ3n) is 3.54. The second kappa shape index (κ2) is 5.52. The number of ketones is 1. The fraction of sp³-hybridized carbons (Fsp3) is 0.500. The molecule has 0 amide bonds. The molecular weight excluding hydrogens is 312 g/mol. The van der Waals surface area contributed by atoms with Gasteiger partial charge in [0.1, 0.15) is 0 Å². The lowest BCUT2D eigenvalue weighted by Crippen LogP contribution is -2.49. The number of aliphatic hydroxyl groups excluding tert-OH is 1. The standard InChI is InChI=1S/C18H22O4S/c1-16(2,3)14-7-11(8-15(23-14)17(4,5)6)10-22-18(21)12(19)9-13(18)20/h7-8,10,21H,1-6H3/p+2. The summed E-state index contributed by atoms with van der Waals surface area (Å²) >= 11 is 1.75. The highest BCUT2D eigenvalue weighted by molar-refractivity contribution is 8.06. The number of ether oxygens (including phenoxy) is 1. The first-order valence-corrected chi connectivity index (χ1v) is 8.28. The van der Waals surface area contributed by atoms with Gasteiger partial charge in [-0.05, 0) is 32.8 Å². The summed E-state index contributed by atoms with van der Waals surface area (Å²) in [7, 11) is 0. The quantitative estimate of drug-likeness (QED) is 0.346. The van der Waals surface area contributed by atoms with Crippen molar-refractivity contribution >= 4 is 17.5 Å². The van der Waals surface area contributed by atoms with Gasteiger partial charge in [0.25, 0.3) is 0 Å². The molecule has 1 atom stereocenters. The Morgan fingerprint density at radius 3 is 1.96 bits per heavy atom. The van der Waals surface area contributed by atoms with Crippen molar-refractivity contribution in [3.63, 3.8) is 0 Å². The van der Waals surface area contributed by atoms with E-state index in [1.54, 1.807) is 11.8 Å². The summed E-state index contributed by atoms with van der Waals surface area (Å²) in [5, 5.41) is 19.4. The molecular formula is C18H24O4S+2. The Balaban J connectivity index is 2.34. The maximum Gasteiger partial charge on any atom is 0.646 e. The summed E-state index contributed by atoms with van der Waals surface area (Å²) in [6.45, 7) is 12.8. The molecule has 1 heterocycles. The molecule has 5 heteroatoms. The van der Waals surface area contributed by atoms with Gasteiger partial charge in [-0.3, -0.25) is 0 Å². The van der Waals surface area contributed by atoms with Crippen molar-refractivity contribution in [1.29, 1.82) is 0 Å². The molecule has 0 saturated heterocycles. The SMILES string of the molecule is CC(C)(C)C1=CC(=COC2(O)C(=[OH+])[C+]=C2O)C=C(C(C)(C)C)S1. The van der Waals surface area contributed by atoms with Crippen LogP contribution in [-0.4, -0.2) is 26.6 Å². The summed E-state index contributed by atoms with van der Waals surface area (Å²) in [5.41, 5.74) is 0.720. The monoisotopic (exact) mass is 336 g/mol. The topological polar surface area (TPSA) is 71.1 Å². The zero-order valence-corrected chi connectivity index (χ0v) is 15.2. The van der Waals surface area contributed by atoms with E-state index in [1.165, 1.54) is 16.1 Å². The van der Waals surface area contributed by atoms with Gasteiger partial charge in [-0.2, -0.15) is 0 Å². The van der Waals surface area contributed by atoms with E-state index in [2.05, 4.69) is 47.6 Å². The van der Waals surface area contributed by atoms with E-state index in [1.807, 2.05) is 12.2 Å². The number of hydrogen-bond acceptors (Lipinski definition) is 4. The number of thioether (sulfide) groups is 1. The second-order valence-corrected chi connectivity index (χ2v) is 8.90. The van der Waals surface area contributed by atoms with Crippen molar-refractivity contribution < 1.29 is 19.7 Å². The van der Waals surface area contributed by atoms with Crippen LogP contribution in [0, 0.1) is 16.9 Å². The van der Waals surface area contributed by atoms with Gasteiger partial charge in [0.05, 0.1) is 6.26 Å². The van der Waals surface area contributed by atoms with Gasteiger partial charge in [0.15, 0.2) is 0 Å². The Morgan fingerprint density at radius 1 is 1.13 bits per heavy atom. The molecule has 0 aromatic heterocycles. The normalized spacial score (nSPS) is 24.9. The summed E-state index contributed by atoms with van der Waals surface area (Å²) in [6.07, 6.45) is 7.49. The molecule has 0 aromatic carbocycles. The average Bonchev–Trinajstić information content (AvgIpc) is 2.42. The zero-order chi connectivity index (χ0) is 17.6. The van der Waals surface area contributed by atoms with Crippen LogP contribution in [0.15, 0.2) is 39.6 Å². The highest BCUT2D eigenvalue weighted by Crippen LogP contribution is 2.48. The largest absolute Gasteiger partial charge is 0.646 e. The third kappa shape index (κ3) is 3.52. The van der Waals surface area contributed by atoms with Crippen LogP contribution >= 0.6 is 11.8 Å². The molecule has 0 saturated carbocycles. The van der Waals surface area contributed by atoms with Crippen LogP contribution in [-0.2, 0) is 4.74 Å². The maximum absolute atomic E-state index is 9.98. The Bertz CT molecular complexity index is 621. The molecule has 0 radical (unpaired) electrons. The van der Waals surface area contributed by atoms with Crippen LogP contribution in [0.3, 0.4) is 0 Å². The average molecular weight is 336 g/mol. The van der Waals surface area contributed by atoms with Gasteiger partial charge in [-0.25, -0.2) is 4.79 Å². The lowest BCUT2D eigenvalue weighted by Gasteiger charge is -2.31. The predicted octanol–water partition coefficient (Wildman–Crippen LogP) is 3.99. The Labute approximate surface area is 141 Å². The van der Waals surface area contributed by atoms with Gasteiger partial charge >= 0.3 is 23.4 Å². The van der Waals surface area contributed by atoms with Crippen molar-refractivity contribution in [2.75, 3.05) is 0 Å². The molecule has 0 aromatic rings. The van der Waals surface area contributed by atoms with Crippen molar-refractivity contribution in [2.45, 2.75) is 47.3 Å². The van der Waals surface area contributed by atoms with E-state index in [4.69, 9.17) is 4.74 Å².